The smallest absolute Gasteiger partial charge is 0.251 e. The van der Waals surface area contributed by atoms with Gasteiger partial charge < -0.3 is 15.5 Å². The van der Waals surface area contributed by atoms with Crippen LogP contribution in [0.2, 0.25) is 0 Å². The van der Waals surface area contributed by atoms with Gasteiger partial charge in [-0.15, -0.1) is 0 Å². The van der Waals surface area contributed by atoms with Crippen molar-refractivity contribution in [3.63, 3.8) is 0 Å². The highest BCUT2D eigenvalue weighted by Crippen LogP contribution is 2.28. The Kier molecular flexibility index (Phi) is 5.81. The molecule has 1 aliphatic heterocycles. The Labute approximate surface area is 199 Å². The Morgan fingerprint density at radius 2 is 1.97 bits per heavy atom. The summed E-state index contributed by atoms with van der Waals surface area (Å²) in [5.74, 6) is 1.26. The van der Waals surface area contributed by atoms with Gasteiger partial charge in [-0.2, -0.15) is 0 Å². The number of likely N-dealkylation sites (tertiary alicyclic amines) is 1. The van der Waals surface area contributed by atoms with Gasteiger partial charge in [0.1, 0.15) is 0 Å². The summed E-state index contributed by atoms with van der Waals surface area (Å²) in [6.45, 7) is 5.06. The molecule has 1 aliphatic carbocycles. The Morgan fingerprint density at radius 3 is 2.62 bits per heavy atom. The minimum Gasteiger partial charge on any atom is -0.367 e. The van der Waals surface area contributed by atoms with E-state index in [9.17, 15) is 9.59 Å². The molecular formula is C26H30N6O2. The van der Waals surface area contributed by atoms with Gasteiger partial charge in [0.25, 0.3) is 5.91 Å². The molecule has 0 radical (unpaired) electrons. The van der Waals surface area contributed by atoms with Crippen molar-refractivity contribution in [2.24, 2.45) is 5.92 Å². The zero-order valence-corrected chi connectivity index (χ0v) is 19.8. The van der Waals surface area contributed by atoms with Crippen LogP contribution < -0.4 is 10.6 Å². The van der Waals surface area contributed by atoms with Crippen molar-refractivity contribution >= 4 is 29.4 Å². The Morgan fingerprint density at radius 1 is 1.21 bits per heavy atom. The predicted molar refractivity (Wildman–Crippen MR) is 132 cm³/mol. The van der Waals surface area contributed by atoms with Crippen LogP contribution >= 0.6 is 0 Å². The average molecular weight is 459 g/mol. The van der Waals surface area contributed by atoms with Gasteiger partial charge in [-0.3, -0.25) is 14.0 Å². The largest absolute Gasteiger partial charge is 0.367 e. The second-order valence-electron chi connectivity index (χ2n) is 9.54. The Bertz CT molecular complexity index is 1270. The second-order valence-corrected chi connectivity index (χ2v) is 9.54. The molecule has 0 spiro atoms. The summed E-state index contributed by atoms with van der Waals surface area (Å²) < 4.78 is 2.03. The second kappa shape index (κ2) is 8.93. The standard InChI is InChI=1S/C26H30N6O2/c1-16(2)13-27-24-25-28-14-22(17-4-6-18(7-5-17)26(34)30-19-8-9-19)32(25)15-20(29-24)12-21-10-11-23(33)31(21)3/h4-7,12,14-16,19H,8-11,13H2,1-3H3,(H,27,29)(H,30,34). The van der Waals surface area contributed by atoms with Crippen LogP contribution in [0.3, 0.4) is 0 Å². The van der Waals surface area contributed by atoms with Crippen LogP contribution in [0.5, 0.6) is 0 Å². The molecule has 1 saturated carbocycles. The minimum atomic E-state index is -0.0271. The van der Waals surface area contributed by atoms with E-state index in [1.54, 1.807) is 11.9 Å². The molecule has 2 aromatic heterocycles. The van der Waals surface area contributed by atoms with Gasteiger partial charge in [0.2, 0.25) is 5.91 Å². The molecule has 2 amide bonds. The zero-order valence-electron chi connectivity index (χ0n) is 19.8. The number of fused-ring (bicyclic) bond motifs is 1. The number of aromatic nitrogens is 3. The zero-order chi connectivity index (χ0) is 23.8. The summed E-state index contributed by atoms with van der Waals surface area (Å²) in [5.41, 5.74) is 4.99. The quantitative estimate of drug-likeness (QED) is 0.559. The van der Waals surface area contributed by atoms with E-state index in [4.69, 9.17) is 4.98 Å². The molecule has 2 N–H and O–H groups in total. The van der Waals surface area contributed by atoms with Crippen molar-refractivity contribution in [1.82, 2.24) is 24.6 Å². The van der Waals surface area contributed by atoms with Gasteiger partial charge in [0.05, 0.1) is 17.6 Å². The molecule has 2 aliphatic rings. The van der Waals surface area contributed by atoms with Crippen molar-refractivity contribution in [2.45, 2.75) is 45.6 Å². The average Bonchev–Trinajstić information content (AvgIpc) is 3.45. The van der Waals surface area contributed by atoms with E-state index in [0.717, 1.165) is 47.7 Å². The summed E-state index contributed by atoms with van der Waals surface area (Å²) in [6, 6.07) is 7.95. The van der Waals surface area contributed by atoms with Crippen LogP contribution in [0.1, 0.15) is 55.6 Å². The highest BCUT2D eigenvalue weighted by molar-refractivity contribution is 5.95. The summed E-state index contributed by atoms with van der Waals surface area (Å²) in [5, 5.41) is 6.45. The van der Waals surface area contributed by atoms with Gasteiger partial charge in [-0.05, 0) is 43.4 Å². The van der Waals surface area contributed by atoms with Crippen molar-refractivity contribution in [3.8, 4) is 11.3 Å². The van der Waals surface area contributed by atoms with Crippen LogP contribution in [0.4, 0.5) is 5.82 Å². The number of allylic oxidation sites excluding steroid dienone is 1. The summed E-state index contributed by atoms with van der Waals surface area (Å²) >= 11 is 0. The number of carbonyl (C=O) groups is 2. The number of anilines is 1. The summed E-state index contributed by atoms with van der Waals surface area (Å²) in [7, 11) is 1.81. The number of amides is 2. The molecule has 1 saturated heterocycles. The lowest BCUT2D eigenvalue weighted by Crippen LogP contribution is -2.25. The molecule has 0 bridgehead atoms. The van der Waals surface area contributed by atoms with Gasteiger partial charge >= 0.3 is 0 Å². The minimum absolute atomic E-state index is 0.0271. The first-order valence-electron chi connectivity index (χ1n) is 11.9. The van der Waals surface area contributed by atoms with Crippen LogP contribution in [0.15, 0.2) is 42.4 Å². The van der Waals surface area contributed by atoms with E-state index < -0.39 is 0 Å². The van der Waals surface area contributed by atoms with Crippen LogP contribution in [-0.4, -0.2) is 50.7 Å². The number of carbonyl (C=O) groups excluding carboxylic acids is 2. The molecule has 8 heteroatoms. The highest BCUT2D eigenvalue weighted by atomic mass is 16.2. The maximum absolute atomic E-state index is 12.4. The topological polar surface area (TPSA) is 91.6 Å². The summed E-state index contributed by atoms with van der Waals surface area (Å²) in [6.07, 6.45) is 9.13. The molecule has 3 aromatic rings. The number of benzene rings is 1. The maximum atomic E-state index is 12.4. The molecule has 0 unspecified atom stereocenters. The number of nitrogens with zero attached hydrogens (tertiary/aromatic N) is 4. The van der Waals surface area contributed by atoms with Crippen molar-refractivity contribution < 1.29 is 9.59 Å². The van der Waals surface area contributed by atoms with Crippen LogP contribution in [0.25, 0.3) is 23.0 Å². The third-order valence-electron chi connectivity index (χ3n) is 6.26. The first-order valence-corrected chi connectivity index (χ1v) is 11.9. The van der Waals surface area contributed by atoms with E-state index in [-0.39, 0.29) is 11.8 Å². The maximum Gasteiger partial charge on any atom is 0.251 e. The van der Waals surface area contributed by atoms with E-state index >= 15 is 0 Å². The lowest BCUT2D eigenvalue weighted by Gasteiger charge is -2.13. The van der Waals surface area contributed by atoms with E-state index in [0.29, 0.717) is 36.2 Å². The molecule has 0 atom stereocenters. The number of hydrogen-bond donors (Lipinski definition) is 2. The third kappa shape index (κ3) is 4.53. The van der Waals surface area contributed by atoms with Gasteiger partial charge in [-0.1, -0.05) is 26.0 Å². The Balaban J connectivity index is 1.52. The van der Waals surface area contributed by atoms with Gasteiger partial charge in [-0.25, -0.2) is 9.97 Å². The predicted octanol–water partition coefficient (Wildman–Crippen LogP) is 3.95. The van der Waals surface area contributed by atoms with E-state index in [2.05, 4.69) is 29.5 Å². The number of imidazole rings is 1. The molecule has 2 fully saturated rings. The fraction of sp³-hybridized carbons (Fsp3) is 0.385. The van der Waals surface area contributed by atoms with Gasteiger partial charge in [0, 0.05) is 49.1 Å². The third-order valence-corrected chi connectivity index (χ3v) is 6.26. The molecule has 1 aromatic carbocycles. The molecule has 8 nitrogen and oxygen atoms in total. The normalized spacial score (nSPS) is 17.2. The van der Waals surface area contributed by atoms with Crippen molar-refractivity contribution in [1.29, 1.82) is 0 Å². The van der Waals surface area contributed by atoms with E-state index in [1.807, 2.05) is 47.1 Å². The molecule has 34 heavy (non-hydrogen) atoms. The molecule has 176 valence electrons. The van der Waals surface area contributed by atoms with Crippen molar-refractivity contribution in [3.05, 3.63) is 53.6 Å². The monoisotopic (exact) mass is 458 g/mol. The fourth-order valence-corrected chi connectivity index (χ4v) is 4.07. The number of rotatable bonds is 7. The molecule has 5 rings (SSSR count). The van der Waals surface area contributed by atoms with Crippen molar-refractivity contribution in [2.75, 3.05) is 18.9 Å². The summed E-state index contributed by atoms with van der Waals surface area (Å²) in [4.78, 5) is 35.5. The lowest BCUT2D eigenvalue weighted by atomic mass is 10.1. The van der Waals surface area contributed by atoms with Crippen LogP contribution in [0, 0.1) is 5.92 Å². The SMILES string of the molecule is CC(C)CNc1nc(C=C2CCC(=O)N2C)cn2c(-c3ccc(C(=O)NC4CC4)cc3)cnc12. The first kappa shape index (κ1) is 22.1. The highest BCUT2D eigenvalue weighted by Gasteiger charge is 2.24. The van der Waals surface area contributed by atoms with E-state index in [1.165, 1.54) is 0 Å². The molecular weight excluding hydrogens is 428 g/mol. The van der Waals surface area contributed by atoms with Gasteiger partial charge in [0.15, 0.2) is 11.5 Å². The Hall–Kier alpha value is -3.68. The fourth-order valence-electron chi connectivity index (χ4n) is 4.07. The first-order chi connectivity index (χ1) is 16.4. The lowest BCUT2D eigenvalue weighted by molar-refractivity contribution is -0.125. The van der Waals surface area contributed by atoms with Crippen LogP contribution in [-0.2, 0) is 4.79 Å². The number of hydrogen-bond acceptors (Lipinski definition) is 5. The molecule has 3 heterocycles. The number of nitrogens with one attached hydrogen (secondary N) is 2.